The molecule has 0 saturated heterocycles. The maximum absolute atomic E-state index is 5.31. The molecule has 2 rings (SSSR count). The zero-order chi connectivity index (χ0) is 10.8. The van der Waals surface area contributed by atoms with Gasteiger partial charge in [-0.1, -0.05) is 0 Å². The van der Waals surface area contributed by atoms with E-state index in [9.17, 15) is 0 Å². The largest absolute Gasteiger partial charge is 0.308 e. The van der Waals surface area contributed by atoms with Crippen molar-refractivity contribution in [3.8, 4) is 11.5 Å². The topological polar surface area (TPSA) is 76.7 Å². The van der Waals surface area contributed by atoms with Crippen molar-refractivity contribution in [2.45, 2.75) is 13.8 Å². The Bertz CT molecular complexity index is 479. The highest BCUT2D eigenvalue weighted by Crippen LogP contribution is 2.19. The lowest BCUT2D eigenvalue weighted by molar-refractivity contribution is 1.08. The monoisotopic (exact) mass is 221 g/mol. The van der Waals surface area contributed by atoms with Crippen molar-refractivity contribution in [2.75, 3.05) is 5.43 Å². The molecule has 78 valence electrons. The quantitative estimate of drug-likeness (QED) is 0.593. The first kappa shape index (κ1) is 10.0. The van der Waals surface area contributed by atoms with Crippen LogP contribution < -0.4 is 11.3 Å². The second-order valence-electron chi connectivity index (χ2n) is 3.11. The molecule has 0 amide bonds. The number of anilines is 1. The molecule has 2 aromatic rings. The van der Waals surface area contributed by atoms with Crippen molar-refractivity contribution >= 4 is 17.2 Å². The smallest absolute Gasteiger partial charge is 0.181 e. The van der Waals surface area contributed by atoms with Crippen LogP contribution in [-0.4, -0.2) is 15.0 Å². The summed E-state index contributed by atoms with van der Waals surface area (Å²) in [6.07, 6.45) is 0. The first-order valence-electron chi connectivity index (χ1n) is 4.44. The number of hydrogen-bond donors (Lipinski definition) is 2. The SMILES string of the molecule is Cc1cc(NN)nc(-c2csc(C)n2)n1. The van der Waals surface area contributed by atoms with E-state index in [0.717, 1.165) is 16.4 Å². The van der Waals surface area contributed by atoms with Gasteiger partial charge in [-0.15, -0.1) is 11.3 Å². The van der Waals surface area contributed by atoms with E-state index in [0.29, 0.717) is 11.6 Å². The summed E-state index contributed by atoms with van der Waals surface area (Å²) in [5.74, 6) is 6.52. The second kappa shape index (κ2) is 3.92. The first-order chi connectivity index (χ1) is 7.19. The number of hydrazine groups is 1. The van der Waals surface area contributed by atoms with E-state index in [1.54, 1.807) is 17.4 Å². The van der Waals surface area contributed by atoms with Gasteiger partial charge in [0.15, 0.2) is 5.82 Å². The van der Waals surface area contributed by atoms with Crippen molar-refractivity contribution in [2.24, 2.45) is 5.84 Å². The number of nitrogens with two attached hydrogens (primary N) is 1. The van der Waals surface area contributed by atoms with Crippen LogP contribution >= 0.6 is 11.3 Å². The van der Waals surface area contributed by atoms with E-state index in [1.807, 2.05) is 19.2 Å². The molecule has 0 aliphatic carbocycles. The third-order valence-corrected chi connectivity index (χ3v) is 2.62. The minimum Gasteiger partial charge on any atom is -0.308 e. The van der Waals surface area contributed by atoms with Crippen LogP contribution in [0.25, 0.3) is 11.5 Å². The molecule has 0 bridgehead atoms. The van der Waals surface area contributed by atoms with Crippen molar-refractivity contribution in [1.29, 1.82) is 0 Å². The van der Waals surface area contributed by atoms with Crippen molar-refractivity contribution < 1.29 is 0 Å². The lowest BCUT2D eigenvalue weighted by Crippen LogP contribution is -2.10. The van der Waals surface area contributed by atoms with E-state index in [-0.39, 0.29) is 0 Å². The molecular formula is C9H11N5S. The fraction of sp³-hybridized carbons (Fsp3) is 0.222. The molecule has 0 aliphatic rings. The van der Waals surface area contributed by atoms with Crippen LogP contribution in [0.3, 0.4) is 0 Å². The Morgan fingerprint density at radius 3 is 2.67 bits per heavy atom. The van der Waals surface area contributed by atoms with Crippen LogP contribution in [0.15, 0.2) is 11.4 Å². The first-order valence-corrected chi connectivity index (χ1v) is 5.32. The predicted molar refractivity (Wildman–Crippen MR) is 60.4 cm³/mol. The van der Waals surface area contributed by atoms with Gasteiger partial charge in [0.25, 0.3) is 0 Å². The average molecular weight is 221 g/mol. The number of rotatable bonds is 2. The highest BCUT2D eigenvalue weighted by Gasteiger charge is 2.07. The molecule has 15 heavy (non-hydrogen) atoms. The lowest BCUT2D eigenvalue weighted by atomic mass is 10.4. The Morgan fingerprint density at radius 1 is 1.27 bits per heavy atom. The summed E-state index contributed by atoms with van der Waals surface area (Å²) < 4.78 is 0. The summed E-state index contributed by atoms with van der Waals surface area (Å²) in [5.41, 5.74) is 4.16. The van der Waals surface area contributed by atoms with Gasteiger partial charge >= 0.3 is 0 Å². The number of aryl methyl sites for hydroxylation is 2. The standard InChI is InChI=1S/C9H11N5S/c1-5-3-8(14-10)13-9(11-5)7-4-15-6(2)12-7/h3-4H,10H2,1-2H3,(H,11,13,14). The van der Waals surface area contributed by atoms with E-state index in [4.69, 9.17) is 5.84 Å². The third-order valence-electron chi connectivity index (χ3n) is 1.85. The molecule has 0 aliphatic heterocycles. The third kappa shape index (κ3) is 2.11. The molecule has 0 unspecified atom stereocenters. The molecule has 2 aromatic heterocycles. The summed E-state index contributed by atoms with van der Waals surface area (Å²) in [6.45, 7) is 3.84. The van der Waals surface area contributed by atoms with Gasteiger partial charge < -0.3 is 5.43 Å². The maximum atomic E-state index is 5.31. The Kier molecular flexibility index (Phi) is 2.61. The molecule has 5 nitrogen and oxygen atoms in total. The summed E-state index contributed by atoms with van der Waals surface area (Å²) in [4.78, 5) is 12.9. The van der Waals surface area contributed by atoms with Gasteiger partial charge in [0, 0.05) is 17.1 Å². The molecule has 0 aromatic carbocycles. The number of aromatic nitrogens is 3. The van der Waals surface area contributed by atoms with Crippen LogP contribution in [0.5, 0.6) is 0 Å². The molecule has 6 heteroatoms. The number of nitrogens with one attached hydrogen (secondary N) is 1. The van der Waals surface area contributed by atoms with Crippen molar-refractivity contribution in [3.05, 3.63) is 22.1 Å². The number of thiazole rings is 1. The summed E-state index contributed by atoms with van der Waals surface area (Å²) >= 11 is 1.58. The van der Waals surface area contributed by atoms with Gasteiger partial charge in [-0.2, -0.15) is 0 Å². The van der Waals surface area contributed by atoms with Crippen molar-refractivity contribution in [3.63, 3.8) is 0 Å². The van der Waals surface area contributed by atoms with Gasteiger partial charge in [-0.25, -0.2) is 20.8 Å². The zero-order valence-electron chi connectivity index (χ0n) is 8.48. The number of nitrogen functional groups attached to an aromatic ring is 1. The van der Waals surface area contributed by atoms with Crippen LogP contribution in [0.1, 0.15) is 10.7 Å². The van der Waals surface area contributed by atoms with E-state index >= 15 is 0 Å². The predicted octanol–water partition coefficient (Wildman–Crippen LogP) is 1.50. The van der Waals surface area contributed by atoms with E-state index in [1.165, 1.54) is 0 Å². The van der Waals surface area contributed by atoms with Gasteiger partial charge in [0.05, 0.1) is 5.01 Å². The lowest BCUT2D eigenvalue weighted by Gasteiger charge is -2.02. The van der Waals surface area contributed by atoms with Gasteiger partial charge in [0.1, 0.15) is 11.5 Å². The average Bonchev–Trinajstić information content (AvgIpc) is 2.64. The fourth-order valence-corrected chi connectivity index (χ4v) is 1.81. The van der Waals surface area contributed by atoms with Gasteiger partial charge in [-0.05, 0) is 13.8 Å². The summed E-state index contributed by atoms with van der Waals surface area (Å²) in [5, 5.41) is 2.93. The maximum Gasteiger partial charge on any atom is 0.181 e. The molecule has 0 radical (unpaired) electrons. The fourth-order valence-electron chi connectivity index (χ4n) is 1.22. The van der Waals surface area contributed by atoms with Gasteiger partial charge in [0.2, 0.25) is 0 Å². The number of nitrogens with zero attached hydrogens (tertiary/aromatic N) is 3. The molecule has 0 saturated carbocycles. The van der Waals surface area contributed by atoms with Gasteiger partial charge in [-0.3, -0.25) is 0 Å². The minimum atomic E-state index is 0.600. The Hall–Kier alpha value is -1.53. The second-order valence-corrected chi connectivity index (χ2v) is 4.18. The van der Waals surface area contributed by atoms with E-state index < -0.39 is 0 Å². The van der Waals surface area contributed by atoms with Crippen LogP contribution in [0, 0.1) is 13.8 Å². The van der Waals surface area contributed by atoms with Crippen molar-refractivity contribution in [1.82, 2.24) is 15.0 Å². The molecule has 3 N–H and O–H groups in total. The zero-order valence-corrected chi connectivity index (χ0v) is 9.30. The Balaban J connectivity index is 2.48. The minimum absolute atomic E-state index is 0.600. The van der Waals surface area contributed by atoms with E-state index in [2.05, 4.69) is 20.4 Å². The Labute approximate surface area is 91.4 Å². The van der Waals surface area contributed by atoms with Crippen LogP contribution in [0.2, 0.25) is 0 Å². The highest BCUT2D eigenvalue weighted by atomic mass is 32.1. The van der Waals surface area contributed by atoms with Crippen LogP contribution in [-0.2, 0) is 0 Å². The van der Waals surface area contributed by atoms with Crippen LogP contribution in [0.4, 0.5) is 5.82 Å². The Morgan fingerprint density at radius 2 is 2.07 bits per heavy atom. The summed E-state index contributed by atoms with van der Waals surface area (Å²) in [7, 11) is 0. The summed E-state index contributed by atoms with van der Waals surface area (Å²) in [6, 6.07) is 1.78. The number of hydrogen-bond acceptors (Lipinski definition) is 6. The molecule has 0 spiro atoms. The molecule has 0 atom stereocenters. The molecule has 0 fully saturated rings. The normalized spacial score (nSPS) is 10.3. The molecular weight excluding hydrogens is 210 g/mol. The highest BCUT2D eigenvalue weighted by molar-refractivity contribution is 7.09. The molecule has 2 heterocycles.